The average molecular weight is 847 g/mol. The summed E-state index contributed by atoms with van der Waals surface area (Å²) >= 11 is 0. The molecule has 0 N–H and O–H groups in total. The van der Waals surface area contributed by atoms with Crippen molar-refractivity contribution in [3.8, 4) is 35.2 Å². The Labute approximate surface area is 373 Å². The van der Waals surface area contributed by atoms with Crippen LogP contribution in [0.25, 0.3) is 0 Å². The summed E-state index contributed by atoms with van der Waals surface area (Å²) in [5.41, 5.74) is 3.54. The van der Waals surface area contributed by atoms with Crippen LogP contribution in [0.3, 0.4) is 0 Å². The van der Waals surface area contributed by atoms with Crippen LogP contribution in [0.15, 0.2) is 182 Å². The van der Waals surface area contributed by atoms with Crippen LogP contribution in [0.1, 0.15) is 87.5 Å². The van der Waals surface area contributed by atoms with Crippen molar-refractivity contribution in [2.24, 2.45) is 0 Å². The molecule has 0 amide bonds. The predicted octanol–water partition coefficient (Wildman–Crippen LogP) is 11.9. The van der Waals surface area contributed by atoms with Crippen LogP contribution in [0, 0.1) is 23.7 Å². The number of rotatable bonds is 18. The van der Waals surface area contributed by atoms with E-state index < -0.39 is 15.8 Å². The Balaban J connectivity index is 1.19. The van der Waals surface area contributed by atoms with Crippen LogP contribution < -0.4 is 41.3 Å². The van der Waals surface area contributed by atoms with Crippen LogP contribution >= 0.6 is 15.8 Å². The Morgan fingerprint density at radius 3 is 0.952 bits per heavy atom. The molecular weight excluding hydrogens is 791 g/mol. The molecule has 7 rings (SSSR count). The van der Waals surface area contributed by atoms with Crippen molar-refractivity contribution in [3.63, 3.8) is 0 Å². The molecule has 0 heterocycles. The smallest absolute Gasteiger partial charge is 0.136 e. The molecule has 7 aromatic rings. The molecule has 310 valence electrons. The van der Waals surface area contributed by atoms with Crippen molar-refractivity contribution < 1.29 is 9.47 Å². The molecule has 0 spiro atoms. The van der Waals surface area contributed by atoms with Gasteiger partial charge >= 0.3 is 0 Å². The molecule has 0 aliphatic heterocycles. The van der Waals surface area contributed by atoms with Gasteiger partial charge in [0.05, 0.1) is 24.3 Å². The number of ether oxygens (including phenoxy) is 2. The van der Waals surface area contributed by atoms with Crippen LogP contribution in [-0.4, -0.2) is 13.2 Å². The van der Waals surface area contributed by atoms with Gasteiger partial charge in [0.15, 0.2) is 0 Å². The molecule has 0 fully saturated rings. The zero-order valence-electron chi connectivity index (χ0n) is 36.1. The fraction of sp³-hybridized carbons (Fsp3) is 0.207. The molecule has 0 saturated carbocycles. The third kappa shape index (κ3) is 12.6. The molecular formula is C58H56O2P2. The average Bonchev–Trinajstić information content (AvgIpc) is 3.33. The molecule has 0 aromatic heterocycles. The number of hydrogen-bond acceptors (Lipinski definition) is 2. The molecule has 0 bridgehead atoms. The predicted molar refractivity (Wildman–Crippen MR) is 268 cm³/mol. The van der Waals surface area contributed by atoms with Gasteiger partial charge in [0.25, 0.3) is 0 Å². The number of hydrogen-bond donors (Lipinski definition) is 0. The minimum Gasteiger partial charge on any atom is -0.492 e. The molecule has 2 nitrogen and oxygen atoms in total. The van der Waals surface area contributed by atoms with E-state index in [1.165, 1.54) is 57.5 Å². The summed E-state index contributed by atoms with van der Waals surface area (Å²) in [6.45, 7) is 5.72. The minimum atomic E-state index is -0.688. The summed E-state index contributed by atoms with van der Waals surface area (Å²) < 4.78 is 13.1. The lowest BCUT2D eigenvalue weighted by Crippen LogP contribution is -2.20. The normalized spacial score (nSPS) is 10.8. The highest BCUT2D eigenvalue weighted by Crippen LogP contribution is 2.34. The van der Waals surface area contributed by atoms with E-state index in [4.69, 9.17) is 9.47 Å². The van der Waals surface area contributed by atoms with E-state index in [-0.39, 0.29) is 0 Å². The molecule has 0 saturated heterocycles. The monoisotopic (exact) mass is 846 g/mol. The van der Waals surface area contributed by atoms with Crippen LogP contribution in [0.2, 0.25) is 0 Å². The van der Waals surface area contributed by atoms with Crippen molar-refractivity contribution >= 4 is 47.7 Å². The Morgan fingerprint density at radius 2 is 0.645 bits per heavy atom. The Hall–Kier alpha value is -5.88. The van der Waals surface area contributed by atoms with E-state index in [9.17, 15) is 0 Å². The summed E-state index contributed by atoms with van der Waals surface area (Å²) in [6.07, 6.45) is 9.01. The van der Waals surface area contributed by atoms with E-state index in [0.717, 1.165) is 59.4 Å². The maximum absolute atomic E-state index is 6.53. The summed E-state index contributed by atoms with van der Waals surface area (Å²) in [5, 5.41) is 7.91. The Kier molecular flexibility index (Phi) is 17.1. The van der Waals surface area contributed by atoms with Crippen molar-refractivity contribution in [1.29, 1.82) is 0 Å². The van der Waals surface area contributed by atoms with Crippen molar-refractivity contribution in [3.05, 3.63) is 204 Å². The second-order valence-corrected chi connectivity index (χ2v) is 19.7. The van der Waals surface area contributed by atoms with Gasteiger partial charge in [-0.1, -0.05) is 222 Å². The maximum Gasteiger partial charge on any atom is 0.136 e. The molecule has 0 aliphatic carbocycles. The van der Waals surface area contributed by atoms with E-state index in [1.807, 2.05) is 12.1 Å². The summed E-state index contributed by atoms with van der Waals surface area (Å²) in [5.74, 6) is 15.4. The van der Waals surface area contributed by atoms with E-state index in [2.05, 4.69) is 207 Å². The fourth-order valence-electron chi connectivity index (χ4n) is 7.29. The second kappa shape index (κ2) is 23.9. The van der Waals surface area contributed by atoms with Gasteiger partial charge in [-0.3, -0.25) is 0 Å². The topological polar surface area (TPSA) is 18.5 Å². The molecule has 7 aromatic carbocycles. The highest BCUT2D eigenvalue weighted by atomic mass is 31.1. The first-order valence-electron chi connectivity index (χ1n) is 22.2. The first-order chi connectivity index (χ1) is 30.7. The van der Waals surface area contributed by atoms with Crippen molar-refractivity contribution in [1.82, 2.24) is 0 Å². The van der Waals surface area contributed by atoms with Gasteiger partial charge < -0.3 is 9.47 Å². The quantitative estimate of drug-likeness (QED) is 0.0487. The number of unbranched alkanes of at least 4 members (excludes halogenated alkanes) is 6. The van der Waals surface area contributed by atoms with Gasteiger partial charge in [-0.25, -0.2) is 0 Å². The van der Waals surface area contributed by atoms with Crippen molar-refractivity contribution in [2.75, 3.05) is 13.2 Å². The van der Waals surface area contributed by atoms with Crippen LogP contribution in [0.5, 0.6) is 11.5 Å². The lowest BCUT2D eigenvalue weighted by molar-refractivity contribution is 0.295. The fourth-order valence-corrected chi connectivity index (χ4v) is 11.8. The summed E-state index contributed by atoms with van der Waals surface area (Å²) in [6, 6.07) is 64.9. The lowest BCUT2D eigenvalue weighted by atomic mass is 10.1. The lowest BCUT2D eigenvalue weighted by Gasteiger charge is -2.19. The molecule has 0 unspecified atom stereocenters. The summed E-state index contributed by atoms with van der Waals surface area (Å²) in [7, 11) is -1.38. The second-order valence-electron chi connectivity index (χ2n) is 15.3. The first-order valence-corrected chi connectivity index (χ1v) is 24.9. The SMILES string of the molecule is CCCCCCOc1cc(C#Cc2ccc(P(c3ccccc3)c3ccccc3)cc2)c(OCCCCCC)cc1C#Cc1ccc(P(c2ccccc2)c2ccccc2)cc1. The number of benzene rings is 7. The van der Waals surface area contributed by atoms with Crippen LogP contribution in [-0.2, 0) is 0 Å². The molecule has 62 heavy (non-hydrogen) atoms. The van der Waals surface area contributed by atoms with E-state index >= 15 is 0 Å². The van der Waals surface area contributed by atoms with Gasteiger partial charge in [0, 0.05) is 23.3 Å². The minimum absolute atomic E-state index is 0.628. The molecule has 0 aliphatic rings. The zero-order chi connectivity index (χ0) is 42.6. The van der Waals surface area contributed by atoms with Gasteiger partial charge in [0.1, 0.15) is 11.5 Å². The largest absolute Gasteiger partial charge is 0.492 e. The van der Waals surface area contributed by atoms with Crippen molar-refractivity contribution in [2.45, 2.75) is 65.2 Å². The Bertz CT molecular complexity index is 2270. The maximum atomic E-state index is 6.53. The Morgan fingerprint density at radius 1 is 0.339 bits per heavy atom. The standard InChI is InChI=1S/C58H56O2P2/c1-3-5-7-21-43-59-57-45-50(38-32-48-35-41-56(42-36-48)62(53-27-17-11-18-28-53)54-29-19-12-20-30-54)58(60-44-22-8-6-4-2)46-49(57)37-31-47-33-39-55(40-34-47)61(51-23-13-9-14-24-51)52-25-15-10-16-26-52/h9-20,23-30,33-36,39-42,45-46H,3-8,21-22,43-44H2,1-2H3. The summed E-state index contributed by atoms with van der Waals surface area (Å²) in [4.78, 5) is 0. The highest BCUT2D eigenvalue weighted by molar-refractivity contribution is 7.80. The van der Waals surface area contributed by atoms with Gasteiger partial charge in [-0.2, -0.15) is 0 Å². The molecule has 0 atom stereocenters. The zero-order valence-corrected chi connectivity index (χ0v) is 37.9. The molecule has 4 heteroatoms. The van der Waals surface area contributed by atoms with E-state index in [1.54, 1.807) is 0 Å². The molecule has 0 radical (unpaired) electrons. The van der Waals surface area contributed by atoms with Gasteiger partial charge in [-0.05, 0) is 84.8 Å². The van der Waals surface area contributed by atoms with Gasteiger partial charge in [-0.15, -0.1) is 0 Å². The third-order valence-corrected chi connectivity index (χ3v) is 15.5. The third-order valence-electron chi connectivity index (χ3n) is 10.6. The first kappa shape index (κ1) is 44.2. The highest BCUT2D eigenvalue weighted by Gasteiger charge is 2.18. The van der Waals surface area contributed by atoms with Gasteiger partial charge in [0.2, 0.25) is 0 Å². The van der Waals surface area contributed by atoms with E-state index in [0.29, 0.717) is 13.2 Å². The van der Waals surface area contributed by atoms with Crippen LogP contribution in [0.4, 0.5) is 0 Å².